The predicted octanol–water partition coefficient (Wildman–Crippen LogP) is 1.96. The van der Waals surface area contributed by atoms with E-state index in [1.165, 1.54) is 0 Å². The summed E-state index contributed by atoms with van der Waals surface area (Å²) >= 11 is 0. The summed E-state index contributed by atoms with van der Waals surface area (Å²) in [6.45, 7) is 6.14. The molecule has 1 atom stereocenters. The number of hydrogen-bond donors (Lipinski definition) is 2. The van der Waals surface area contributed by atoms with Crippen LogP contribution in [0.4, 0.5) is 4.79 Å². The van der Waals surface area contributed by atoms with E-state index >= 15 is 0 Å². The molecule has 0 unspecified atom stereocenters. The van der Waals surface area contributed by atoms with E-state index < -0.39 is 0 Å². The van der Waals surface area contributed by atoms with Crippen molar-refractivity contribution in [1.82, 2.24) is 10.6 Å². The molecule has 2 rings (SSSR count). The van der Waals surface area contributed by atoms with Gasteiger partial charge in [-0.2, -0.15) is 0 Å². The highest BCUT2D eigenvalue weighted by atomic mass is 16.7. The zero-order valence-corrected chi connectivity index (χ0v) is 10.2. The summed E-state index contributed by atoms with van der Waals surface area (Å²) in [7, 11) is 0. The van der Waals surface area contributed by atoms with Gasteiger partial charge in [0, 0.05) is 6.54 Å². The molecule has 1 aromatic carbocycles. The minimum Gasteiger partial charge on any atom is -0.454 e. The third-order valence-electron chi connectivity index (χ3n) is 2.65. The van der Waals surface area contributed by atoms with Crippen molar-refractivity contribution in [3.05, 3.63) is 36.4 Å². The molecule has 0 spiro atoms. The Balaban J connectivity index is 1.98. The van der Waals surface area contributed by atoms with Crippen molar-refractivity contribution >= 4 is 6.03 Å². The van der Waals surface area contributed by atoms with Gasteiger partial charge in [0.15, 0.2) is 11.5 Å². The lowest BCUT2D eigenvalue weighted by Gasteiger charge is -2.15. The summed E-state index contributed by atoms with van der Waals surface area (Å²) in [4.78, 5) is 11.5. The van der Waals surface area contributed by atoms with Crippen LogP contribution < -0.4 is 20.1 Å². The zero-order valence-electron chi connectivity index (χ0n) is 10.2. The minimum atomic E-state index is -0.222. The molecular formula is C13H16N2O3. The standard InChI is InChI=1S/C13H16N2O3/c1-3-6-14-13(16)15-9(2)10-4-5-11-12(7-10)18-8-17-11/h3-5,7,9H,1,6,8H2,2H3,(H2,14,15,16)/t9-/m0/s1. The Labute approximate surface area is 106 Å². The largest absolute Gasteiger partial charge is 0.454 e. The van der Waals surface area contributed by atoms with E-state index in [1.807, 2.05) is 25.1 Å². The fraction of sp³-hybridized carbons (Fsp3) is 0.308. The van der Waals surface area contributed by atoms with Crippen molar-refractivity contribution < 1.29 is 14.3 Å². The highest BCUT2D eigenvalue weighted by Crippen LogP contribution is 2.33. The van der Waals surface area contributed by atoms with Gasteiger partial charge in [0.2, 0.25) is 6.79 Å². The molecule has 0 radical (unpaired) electrons. The SMILES string of the molecule is C=CCNC(=O)N[C@@H](C)c1ccc2c(c1)OCO2. The number of amides is 2. The first-order valence-corrected chi connectivity index (χ1v) is 5.75. The first-order valence-electron chi connectivity index (χ1n) is 5.75. The van der Waals surface area contributed by atoms with Gasteiger partial charge in [-0.1, -0.05) is 12.1 Å². The Kier molecular flexibility index (Phi) is 3.72. The summed E-state index contributed by atoms with van der Waals surface area (Å²) in [6.07, 6.45) is 1.63. The lowest BCUT2D eigenvalue weighted by molar-refractivity contribution is 0.174. The number of nitrogens with one attached hydrogen (secondary N) is 2. The molecule has 0 saturated carbocycles. The molecule has 0 saturated heterocycles. The quantitative estimate of drug-likeness (QED) is 0.801. The molecule has 96 valence electrons. The minimum absolute atomic E-state index is 0.107. The summed E-state index contributed by atoms with van der Waals surface area (Å²) in [5.74, 6) is 1.45. The van der Waals surface area contributed by atoms with Gasteiger partial charge in [-0.25, -0.2) is 4.79 Å². The van der Waals surface area contributed by atoms with Crippen LogP contribution >= 0.6 is 0 Å². The number of hydrogen-bond acceptors (Lipinski definition) is 3. The average molecular weight is 248 g/mol. The summed E-state index contributed by atoms with van der Waals surface area (Å²) < 4.78 is 10.5. The molecule has 1 heterocycles. The number of carbonyl (C=O) groups excluding carboxylic acids is 1. The number of benzene rings is 1. The van der Waals surface area contributed by atoms with Gasteiger partial charge in [0.25, 0.3) is 0 Å². The van der Waals surface area contributed by atoms with E-state index in [0.717, 1.165) is 11.3 Å². The molecule has 0 aromatic heterocycles. The van der Waals surface area contributed by atoms with Crippen molar-refractivity contribution in [2.75, 3.05) is 13.3 Å². The Bertz CT molecular complexity index is 460. The molecule has 2 amide bonds. The molecule has 1 aliphatic heterocycles. The first-order chi connectivity index (χ1) is 8.70. The van der Waals surface area contributed by atoms with Crippen LogP contribution in [0.1, 0.15) is 18.5 Å². The number of fused-ring (bicyclic) bond motifs is 1. The van der Waals surface area contributed by atoms with Crippen LogP contribution in [0.25, 0.3) is 0 Å². The van der Waals surface area contributed by atoms with Crippen molar-refractivity contribution in [2.45, 2.75) is 13.0 Å². The molecule has 5 heteroatoms. The summed E-state index contributed by atoms with van der Waals surface area (Å²) in [5, 5.41) is 5.49. The Morgan fingerprint density at radius 2 is 2.28 bits per heavy atom. The van der Waals surface area contributed by atoms with Gasteiger partial charge in [-0.15, -0.1) is 6.58 Å². The highest BCUT2D eigenvalue weighted by molar-refractivity contribution is 5.74. The molecule has 2 N–H and O–H groups in total. The predicted molar refractivity (Wildman–Crippen MR) is 67.7 cm³/mol. The number of urea groups is 1. The van der Waals surface area contributed by atoms with Crippen LogP contribution in [0.2, 0.25) is 0 Å². The monoisotopic (exact) mass is 248 g/mol. The second kappa shape index (κ2) is 5.44. The van der Waals surface area contributed by atoms with E-state index in [-0.39, 0.29) is 18.9 Å². The van der Waals surface area contributed by atoms with Gasteiger partial charge in [0.05, 0.1) is 6.04 Å². The fourth-order valence-electron chi connectivity index (χ4n) is 1.68. The molecule has 0 fully saturated rings. The molecule has 5 nitrogen and oxygen atoms in total. The smallest absolute Gasteiger partial charge is 0.315 e. The molecule has 18 heavy (non-hydrogen) atoms. The Morgan fingerprint density at radius 1 is 1.50 bits per heavy atom. The number of rotatable bonds is 4. The van der Waals surface area contributed by atoms with Gasteiger partial charge >= 0.3 is 6.03 Å². The average Bonchev–Trinajstić information content (AvgIpc) is 2.83. The van der Waals surface area contributed by atoms with Crippen molar-refractivity contribution in [3.63, 3.8) is 0 Å². The second-order valence-corrected chi connectivity index (χ2v) is 3.98. The van der Waals surface area contributed by atoms with Gasteiger partial charge < -0.3 is 20.1 Å². The van der Waals surface area contributed by atoms with Crippen LogP contribution in [-0.4, -0.2) is 19.4 Å². The molecular weight excluding hydrogens is 232 g/mol. The van der Waals surface area contributed by atoms with Crippen LogP contribution in [0.5, 0.6) is 11.5 Å². The Hall–Kier alpha value is -2.17. The van der Waals surface area contributed by atoms with E-state index in [2.05, 4.69) is 17.2 Å². The highest BCUT2D eigenvalue weighted by Gasteiger charge is 2.16. The lowest BCUT2D eigenvalue weighted by atomic mass is 10.1. The topological polar surface area (TPSA) is 59.6 Å². The van der Waals surface area contributed by atoms with E-state index in [0.29, 0.717) is 12.3 Å². The Morgan fingerprint density at radius 3 is 3.06 bits per heavy atom. The molecule has 1 aromatic rings. The molecule has 1 aliphatic rings. The number of ether oxygens (including phenoxy) is 2. The number of carbonyl (C=O) groups is 1. The van der Waals surface area contributed by atoms with E-state index in [4.69, 9.17) is 9.47 Å². The van der Waals surface area contributed by atoms with Crippen molar-refractivity contribution in [3.8, 4) is 11.5 Å². The van der Waals surface area contributed by atoms with Crippen LogP contribution in [0.15, 0.2) is 30.9 Å². The maximum atomic E-state index is 11.5. The van der Waals surface area contributed by atoms with Gasteiger partial charge in [0.1, 0.15) is 0 Å². The van der Waals surface area contributed by atoms with Crippen LogP contribution in [0, 0.1) is 0 Å². The van der Waals surface area contributed by atoms with Crippen LogP contribution in [-0.2, 0) is 0 Å². The lowest BCUT2D eigenvalue weighted by Crippen LogP contribution is -2.37. The first kappa shape index (κ1) is 12.3. The fourth-order valence-corrected chi connectivity index (χ4v) is 1.68. The maximum absolute atomic E-state index is 11.5. The van der Waals surface area contributed by atoms with Crippen LogP contribution in [0.3, 0.4) is 0 Å². The second-order valence-electron chi connectivity index (χ2n) is 3.98. The molecule has 0 aliphatic carbocycles. The third kappa shape index (κ3) is 2.74. The van der Waals surface area contributed by atoms with Gasteiger partial charge in [-0.05, 0) is 24.6 Å². The summed E-state index contributed by atoms with van der Waals surface area (Å²) in [6, 6.07) is 5.30. The molecule has 0 bridgehead atoms. The zero-order chi connectivity index (χ0) is 13.0. The van der Waals surface area contributed by atoms with Crippen molar-refractivity contribution in [1.29, 1.82) is 0 Å². The summed E-state index contributed by atoms with van der Waals surface area (Å²) in [5.41, 5.74) is 0.966. The van der Waals surface area contributed by atoms with Gasteiger partial charge in [-0.3, -0.25) is 0 Å². The van der Waals surface area contributed by atoms with E-state index in [1.54, 1.807) is 6.08 Å². The van der Waals surface area contributed by atoms with E-state index in [9.17, 15) is 4.79 Å². The third-order valence-corrected chi connectivity index (χ3v) is 2.65. The maximum Gasteiger partial charge on any atom is 0.315 e. The van der Waals surface area contributed by atoms with Crippen molar-refractivity contribution in [2.24, 2.45) is 0 Å². The normalized spacial score (nSPS) is 13.8.